The standard InChI is InChI=1S/C10H10O2.2C4H9NO.Cu.NO3/c1-8(11)7-10(12)9-5-3-2-4-6-9;2*1-3-6-4-2-5-1;;2-1(3)4/h2-7,12H,1H3;2*5H,1-4H2;;/q;;;+2;-1/p-1/b10-7-;;;;. The van der Waals surface area contributed by atoms with Crippen LogP contribution in [0.2, 0.25) is 0 Å². The number of benzene rings is 1. The topological polar surface area (TPSA) is 149 Å². The van der Waals surface area contributed by atoms with Crippen LogP contribution in [0.25, 0.3) is 5.76 Å². The van der Waals surface area contributed by atoms with E-state index in [2.05, 4.69) is 10.6 Å². The van der Waals surface area contributed by atoms with Crippen molar-refractivity contribution in [3.05, 3.63) is 57.3 Å². The van der Waals surface area contributed by atoms with Gasteiger partial charge in [-0.25, -0.2) is 0 Å². The zero-order valence-electron chi connectivity index (χ0n) is 16.2. The molecule has 29 heavy (non-hydrogen) atoms. The Morgan fingerprint density at radius 2 is 1.34 bits per heavy atom. The summed E-state index contributed by atoms with van der Waals surface area (Å²) in [6.07, 6.45) is 1.09. The number of nitrogens with zero attached hydrogens (tertiary/aromatic N) is 1. The molecule has 2 saturated heterocycles. The van der Waals surface area contributed by atoms with Crippen LogP contribution in [0.3, 0.4) is 0 Å². The van der Waals surface area contributed by atoms with Crippen LogP contribution in [-0.4, -0.2) is 63.5 Å². The van der Waals surface area contributed by atoms with E-state index in [9.17, 15) is 9.90 Å². The third kappa shape index (κ3) is 22.1. The first kappa shape index (κ1) is 29.2. The van der Waals surface area contributed by atoms with E-state index in [1.807, 2.05) is 6.07 Å². The average molecular weight is 461 g/mol. The van der Waals surface area contributed by atoms with Gasteiger partial charge in [0.25, 0.3) is 0 Å². The van der Waals surface area contributed by atoms with Crippen LogP contribution >= 0.6 is 0 Å². The van der Waals surface area contributed by atoms with Crippen molar-refractivity contribution < 1.29 is 41.5 Å². The molecule has 2 fully saturated rings. The number of ether oxygens (including phenoxy) is 2. The minimum atomic E-state index is -1.75. The van der Waals surface area contributed by atoms with Crippen LogP contribution in [0.4, 0.5) is 0 Å². The van der Waals surface area contributed by atoms with Gasteiger partial charge in [0.05, 0.1) is 31.5 Å². The molecule has 167 valence electrons. The molecule has 2 aliphatic heterocycles. The Kier molecular flexibility index (Phi) is 20.9. The third-order valence-corrected chi connectivity index (χ3v) is 3.09. The van der Waals surface area contributed by atoms with E-state index in [4.69, 9.17) is 24.8 Å². The number of rotatable bonds is 2. The molecule has 0 saturated carbocycles. The Hall–Kier alpha value is -2.01. The second-order valence-electron chi connectivity index (χ2n) is 5.43. The molecule has 2 N–H and O–H groups in total. The first-order valence-electron chi connectivity index (χ1n) is 8.76. The fourth-order valence-electron chi connectivity index (χ4n) is 1.90. The number of nitrogens with one attached hydrogen (secondary N) is 2. The zero-order chi connectivity index (χ0) is 21.0. The fraction of sp³-hybridized carbons (Fsp3) is 0.500. The maximum Gasteiger partial charge on any atom is 2.00 e. The summed E-state index contributed by atoms with van der Waals surface area (Å²) in [4.78, 5) is 18.8. The first-order chi connectivity index (χ1) is 13.4. The molecule has 0 aliphatic carbocycles. The van der Waals surface area contributed by atoms with Crippen LogP contribution in [0.15, 0.2) is 36.4 Å². The largest absolute Gasteiger partial charge is 2.00 e. The number of hydrogen-bond donors (Lipinski definition) is 2. The average Bonchev–Trinajstić information content (AvgIpc) is 2.71. The SMILES string of the molecule is C1COCCN1.C1COCCN1.CC(=O)/C=C(\[O-])c1ccccc1.O=[N+]([O-])[O-].[Cu+2]. The normalized spacial score (nSPS) is 15.4. The summed E-state index contributed by atoms with van der Waals surface area (Å²) in [5.41, 5.74) is 0.549. The Morgan fingerprint density at radius 1 is 0.966 bits per heavy atom. The molecule has 10 nitrogen and oxygen atoms in total. The minimum Gasteiger partial charge on any atom is -0.872 e. The van der Waals surface area contributed by atoms with Gasteiger partial charge in [-0.15, -0.1) is 0 Å². The van der Waals surface area contributed by atoms with Gasteiger partial charge in [-0.05, 0) is 18.6 Å². The van der Waals surface area contributed by atoms with E-state index in [1.54, 1.807) is 24.3 Å². The van der Waals surface area contributed by atoms with Gasteiger partial charge in [-0.1, -0.05) is 36.1 Å². The number of ketones is 1. The van der Waals surface area contributed by atoms with Gasteiger partial charge < -0.3 is 40.5 Å². The number of hydrogen-bond acceptors (Lipinski definition) is 9. The van der Waals surface area contributed by atoms with Crippen molar-refractivity contribution in [2.75, 3.05) is 52.6 Å². The molecule has 3 rings (SSSR count). The second kappa shape index (κ2) is 20.7. The molecule has 0 spiro atoms. The molecule has 1 radical (unpaired) electrons. The van der Waals surface area contributed by atoms with E-state index < -0.39 is 5.09 Å². The predicted molar refractivity (Wildman–Crippen MR) is 103 cm³/mol. The number of carbonyl (C=O) groups excluding carboxylic acids is 1. The molecule has 0 bridgehead atoms. The van der Waals surface area contributed by atoms with Crippen molar-refractivity contribution in [3.8, 4) is 0 Å². The van der Waals surface area contributed by atoms with Crippen molar-refractivity contribution in [2.24, 2.45) is 0 Å². The van der Waals surface area contributed by atoms with Gasteiger partial charge in [0, 0.05) is 26.2 Å². The van der Waals surface area contributed by atoms with Crippen molar-refractivity contribution in [1.82, 2.24) is 10.6 Å². The summed E-state index contributed by atoms with van der Waals surface area (Å²) in [5, 5.41) is 32.2. The van der Waals surface area contributed by atoms with Crippen molar-refractivity contribution >= 4 is 11.5 Å². The molecule has 0 unspecified atom stereocenters. The summed E-state index contributed by atoms with van der Waals surface area (Å²) >= 11 is 0. The summed E-state index contributed by atoms with van der Waals surface area (Å²) in [7, 11) is 0. The third-order valence-electron chi connectivity index (χ3n) is 3.09. The van der Waals surface area contributed by atoms with E-state index in [0.717, 1.165) is 58.7 Å². The van der Waals surface area contributed by atoms with Crippen LogP contribution in [0, 0.1) is 15.3 Å². The zero-order valence-corrected chi connectivity index (χ0v) is 17.2. The molecule has 11 heteroatoms. The van der Waals surface area contributed by atoms with Gasteiger partial charge in [0.2, 0.25) is 0 Å². The Morgan fingerprint density at radius 3 is 1.59 bits per heavy atom. The maximum absolute atomic E-state index is 11.2. The van der Waals surface area contributed by atoms with Gasteiger partial charge >= 0.3 is 17.1 Å². The monoisotopic (exact) mass is 460 g/mol. The van der Waals surface area contributed by atoms with Gasteiger partial charge in [-0.2, -0.15) is 0 Å². The molecule has 0 amide bonds. The van der Waals surface area contributed by atoms with Crippen LogP contribution in [0.1, 0.15) is 12.5 Å². The molecule has 2 heterocycles. The smallest absolute Gasteiger partial charge is 0.872 e. The molecule has 0 atom stereocenters. The van der Waals surface area contributed by atoms with E-state index in [-0.39, 0.29) is 28.6 Å². The van der Waals surface area contributed by atoms with Crippen molar-refractivity contribution in [2.45, 2.75) is 6.92 Å². The summed E-state index contributed by atoms with van der Waals surface area (Å²) in [6.45, 7) is 9.03. The minimum absolute atomic E-state index is 0. The van der Waals surface area contributed by atoms with Crippen LogP contribution in [0.5, 0.6) is 0 Å². The van der Waals surface area contributed by atoms with Gasteiger partial charge in [0.15, 0.2) is 5.78 Å². The number of morpholine rings is 2. The van der Waals surface area contributed by atoms with E-state index in [1.165, 1.54) is 6.92 Å². The Bertz CT molecular complexity index is 527. The van der Waals surface area contributed by atoms with Crippen molar-refractivity contribution in [3.63, 3.8) is 0 Å². The Balaban J connectivity index is 0. The van der Waals surface area contributed by atoms with Gasteiger partial charge in [-0.3, -0.25) is 4.79 Å². The molecule has 1 aromatic rings. The van der Waals surface area contributed by atoms with Crippen LogP contribution < -0.4 is 15.7 Å². The van der Waals surface area contributed by atoms with Crippen molar-refractivity contribution in [1.29, 1.82) is 0 Å². The molecule has 2 aliphatic rings. The first-order valence-corrected chi connectivity index (χ1v) is 8.76. The predicted octanol–water partition coefficient (Wildman–Crippen LogP) is -0.0524. The summed E-state index contributed by atoms with van der Waals surface area (Å²) < 4.78 is 10.0. The van der Waals surface area contributed by atoms with E-state index >= 15 is 0 Å². The van der Waals surface area contributed by atoms with Crippen LogP contribution in [-0.2, 0) is 31.3 Å². The molecule has 1 aromatic carbocycles. The molecule has 0 aromatic heterocycles. The molecular formula is C18H27CuN3O7. The summed E-state index contributed by atoms with van der Waals surface area (Å²) in [5.74, 6) is -0.452. The van der Waals surface area contributed by atoms with E-state index in [0.29, 0.717) is 5.56 Å². The number of allylic oxidation sites excluding steroid dienone is 1. The molecular weight excluding hydrogens is 434 g/mol. The number of carbonyl (C=O) groups is 1. The quantitative estimate of drug-likeness (QED) is 0.203. The maximum atomic E-state index is 11.2. The Labute approximate surface area is 180 Å². The van der Waals surface area contributed by atoms with Gasteiger partial charge in [0.1, 0.15) is 0 Å². The summed E-state index contributed by atoms with van der Waals surface area (Å²) in [6, 6.07) is 8.72. The fourth-order valence-corrected chi connectivity index (χ4v) is 1.90. The second-order valence-corrected chi connectivity index (χ2v) is 5.43.